The number of benzene rings is 1. The highest BCUT2D eigenvalue weighted by molar-refractivity contribution is 5.54. The maximum Gasteiger partial charge on any atom is 0.0608 e. The molecule has 0 fully saturated rings. The van der Waals surface area contributed by atoms with Crippen molar-refractivity contribution < 1.29 is 5.11 Å². The Bertz CT molecular complexity index is 417. The van der Waals surface area contributed by atoms with E-state index < -0.39 is 5.54 Å². The molecule has 1 aromatic rings. The van der Waals surface area contributed by atoms with Crippen molar-refractivity contribution in [1.29, 1.82) is 0 Å². The number of nitrogens with zero attached hydrogens (tertiary/aromatic N) is 1. The summed E-state index contributed by atoms with van der Waals surface area (Å²) in [6, 6.07) is 8.79. The second-order valence-electron chi connectivity index (χ2n) is 6.34. The summed E-state index contributed by atoms with van der Waals surface area (Å²) in [5, 5.41) is 9.17. The zero-order valence-corrected chi connectivity index (χ0v) is 12.6. The number of aliphatic hydroxyl groups excluding tert-OH is 1. The fourth-order valence-electron chi connectivity index (χ4n) is 2.91. The molecule has 112 valence electrons. The molecule has 0 spiro atoms. The predicted molar refractivity (Wildman–Crippen MR) is 85.1 cm³/mol. The lowest BCUT2D eigenvalue weighted by Gasteiger charge is -2.26. The highest BCUT2D eigenvalue weighted by Crippen LogP contribution is 2.26. The minimum Gasteiger partial charge on any atom is -0.394 e. The third kappa shape index (κ3) is 4.22. The molecule has 3 nitrogen and oxygen atoms in total. The number of rotatable bonds is 6. The number of anilines is 1. The SMILES string of the molecule is CC(N)(CO)CCCCN1CCCCc2ccccc21. The van der Waals surface area contributed by atoms with E-state index in [-0.39, 0.29) is 6.61 Å². The molecule has 0 aliphatic carbocycles. The second kappa shape index (κ2) is 7.09. The van der Waals surface area contributed by atoms with Crippen LogP contribution in [0.25, 0.3) is 0 Å². The van der Waals surface area contributed by atoms with Crippen molar-refractivity contribution in [1.82, 2.24) is 0 Å². The Hall–Kier alpha value is -1.06. The van der Waals surface area contributed by atoms with E-state index in [1.165, 1.54) is 30.5 Å². The maximum atomic E-state index is 9.17. The van der Waals surface area contributed by atoms with Crippen molar-refractivity contribution in [2.75, 3.05) is 24.6 Å². The van der Waals surface area contributed by atoms with Gasteiger partial charge in [-0.3, -0.25) is 0 Å². The average molecular weight is 276 g/mol. The molecule has 1 aliphatic heterocycles. The van der Waals surface area contributed by atoms with Crippen LogP contribution >= 0.6 is 0 Å². The zero-order valence-electron chi connectivity index (χ0n) is 12.6. The van der Waals surface area contributed by atoms with Crippen LogP contribution in [0.4, 0.5) is 5.69 Å². The van der Waals surface area contributed by atoms with E-state index in [1.807, 2.05) is 6.92 Å². The summed E-state index contributed by atoms with van der Waals surface area (Å²) in [7, 11) is 0. The summed E-state index contributed by atoms with van der Waals surface area (Å²) in [5.41, 5.74) is 8.46. The third-order valence-electron chi connectivity index (χ3n) is 4.24. The number of hydrogen-bond donors (Lipinski definition) is 2. The number of hydrogen-bond acceptors (Lipinski definition) is 3. The minimum atomic E-state index is -0.420. The van der Waals surface area contributed by atoms with E-state index in [0.29, 0.717) is 0 Å². The van der Waals surface area contributed by atoms with Crippen molar-refractivity contribution in [2.24, 2.45) is 5.73 Å². The van der Waals surface area contributed by atoms with Crippen LogP contribution < -0.4 is 10.6 Å². The van der Waals surface area contributed by atoms with Gasteiger partial charge in [0, 0.05) is 24.3 Å². The first-order chi connectivity index (χ1) is 9.62. The highest BCUT2D eigenvalue weighted by atomic mass is 16.3. The molecule has 3 heteroatoms. The summed E-state index contributed by atoms with van der Waals surface area (Å²) in [6.45, 7) is 4.25. The van der Waals surface area contributed by atoms with Gasteiger partial charge in [0.05, 0.1) is 6.61 Å². The molecule has 0 amide bonds. The first kappa shape index (κ1) is 15.3. The van der Waals surface area contributed by atoms with Crippen molar-refractivity contribution >= 4 is 5.69 Å². The molecule has 2 rings (SSSR count). The van der Waals surface area contributed by atoms with Gasteiger partial charge in [-0.05, 0) is 57.1 Å². The zero-order chi connectivity index (χ0) is 14.4. The first-order valence-corrected chi connectivity index (χ1v) is 7.85. The van der Waals surface area contributed by atoms with Gasteiger partial charge in [0.2, 0.25) is 0 Å². The Morgan fingerprint density at radius 1 is 1.25 bits per heavy atom. The smallest absolute Gasteiger partial charge is 0.0608 e. The van der Waals surface area contributed by atoms with Gasteiger partial charge in [0.1, 0.15) is 0 Å². The van der Waals surface area contributed by atoms with Crippen LogP contribution in [0, 0.1) is 0 Å². The number of unbranched alkanes of at least 4 members (excludes halogenated alkanes) is 1. The molecule has 1 atom stereocenters. The Labute approximate surface area is 122 Å². The van der Waals surface area contributed by atoms with E-state index in [1.54, 1.807) is 0 Å². The Morgan fingerprint density at radius 3 is 2.85 bits per heavy atom. The maximum absolute atomic E-state index is 9.17. The number of aliphatic hydroxyl groups is 1. The molecule has 0 aromatic heterocycles. The molecule has 1 heterocycles. The van der Waals surface area contributed by atoms with Gasteiger partial charge in [-0.15, -0.1) is 0 Å². The molecule has 0 saturated heterocycles. The molecule has 20 heavy (non-hydrogen) atoms. The van der Waals surface area contributed by atoms with Crippen LogP contribution in [-0.2, 0) is 6.42 Å². The fourth-order valence-corrected chi connectivity index (χ4v) is 2.91. The molecule has 0 radical (unpaired) electrons. The quantitative estimate of drug-likeness (QED) is 0.785. The van der Waals surface area contributed by atoms with Crippen LogP contribution in [0.15, 0.2) is 24.3 Å². The van der Waals surface area contributed by atoms with Gasteiger partial charge in [-0.1, -0.05) is 18.2 Å². The van der Waals surface area contributed by atoms with E-state index in [9.17, 15) is 5.11 Å². The first-order valence-electron chi connectivity index (χ1n) is 7.85. The van der Waals surface area contributed by atoms with Gasteiger partial charge in [0.15, 0.2) is 0 Å². The molecular formula is C17H28N2O. The molecule has 0 bridgehead atoms. The minimum absolute atomic E-state index is 0.0690. The lowest BCUT2D eigenvalue weighted by molar-refractivity contribution is 0.197. The normalized spacial score (nSPS) is 18.2. The number of nitrogens with two attached hydrogens (primary N) is 1. The molecule has 1 aromatic carbocycles. The van der Waals surface area contributed by atoms with E-state index in [4.69, 9.17) is 5.73 Å². The molecular weight excluding hydrogens is 248 g/mol. The van der Waals surface area contributed by atoms with Gasteiger partial charge >= 0.3 is 0 Å². The molecule has 1 unspecified atom stereocenters. The molecule has 0 saturated carbocycles. The van der Waals surface area contributed by atoms with Gasteiger partial charge in [0.25, 0.3) is 0 Å². The van der Waals surface area contributed by atoms with Crippen LogP contribution in [0.2, 0.25) is 0 Å². The summed E-state index contributed by atoms with van der Waals surface area (Å²) < 4.78 is 0. The lowest BCUT2D eigenvalue weighted by Crippen LogP contribution is -2.40. The van der Waals surface area contributed by atoms with E-state index in [2.05, 4.69) is 29.2 Å². The summed E-state index contributed by atoms with van der Waals surface area (Å²) in [4.78, 5) is 2.52. The Morgan fingerprint density at radius 2 is 2.05 bits per heavy atom. The van der Waals surface area contributed by atoms with Crippen LogP contribution in [-0.4, -0.2) is 30.3 Å². The van der Waals surface area contributed by atoms with Gasteiger partial charge < -0.3 is 15.7 Å². The lowest BCUT2D eigenvalue weighted by atomic mass is 9.97. The van der Waals surface area contributed by atoms with Crippen molar-refractivity contribution in [2.45, 2.75) is 51.0 Å². The number of para-hydroxylation sites is 1. The van der Waals surface area contributed by atoms with Crippen molar-refractivity contribution in [3.8, 4) is 0 Å². The van der Waals surface area contributed by atoms with Crippen LogP contribution in [0.1, 0.15) is 44.6 Å². The topological polar surface area (TPSA) is 49.5 Å². The van der Waals surface area contributed by atoms with Gasteiger partial charge in [-0.25, -0.2) is 0 Å². The molecule has 1 aliphatic rings. The fraction of sp³-hybridized carbons (Fsp3) is 0.647. The van der Waals surface area contributed by atoms with E-state index >= 15 is 0 Å². The largest absolute Gasteiger partial charge is 0.394 e. The Kier molecular flexibility index (Phi) is 5.44. The van der Waals surface area contributed by atoms with Crippen molar-refractivity contribution in [3.05, 3.63) is 29.8 Å². The van der Waals surface area contributed by atoms with Crippen molar-refractivity contribution in [3.63, 3.8) is 0 Å². The average Bonchev–Trinajstić information content (AvgIpc) is 2.66. The Balaban J connectivity index is 1.87. The summed E-state index contributed by atoms with van der Waals surface area (Å²) in [5.74, 6) is 0. The standard InChI is InChI=1S/C17H28N2O/c1-17(18,14-20)11-5-7-13-19-12-6-4-9-15-8-2-3-10-16(15)19/h2-3,8,10,20H,4-7,9,11-14,18H2,1H3. The monoisotopic (exact) mass is 276 g/mol. The summed E-state index contributed by atoms with van der Waals surface area (Å²) in [6.07, 6.45) is 6.88. The van der Waals surface area contributed by atoms with E-state index in [0.717, 1.165) is 32.4 Å². The summed E-state index contributed by atoms with van der Waals surface area (Å²) >= 11 is 0. The van der Waals surface area contributed by atoms with Crippen LogP contribution in [0.5, 0.6) is 0 Å². The highest BCUT2D eigenvalue weighted by Gasteiger charge is 2.17. The predicted octanol–water partition coefficient (Wildman–Crippen LogP) is 2.71. The number of aryl methyl sites for hydroxylation is 1. The number of fused-ring (bicyclic) bond motifs is 1. The van der Waals surface area contributed by atoms with Gasteiger partial charge in [-0.2, -0.15) is 0 Å². The second-order valence-corrected chi connectivity index (χ2v) is 6.34. The van der Waals surface area contributed by atoms with Crippen LogP contribution in [0.3, 0.4) is 0 Å². The molecule has 3 N–H and O–H groups in total. The third-order valence-corrected chi connectivity index (χ3v) is 4.24.